The Morgan fingerprint density at radius 1 is 0.971 bits per heavy atom. The van der Waals surface area contributed by atoms with Crippen molar-refractivity contribution in [3.8, 4) is 0 Å². The highest BCUT2D eigenvalue weighted by Gasteiger charge is 2.47. The Bertz CT molecular complexity index is 1240. The molecule has 0 aliphatic carbocycles. The van der Waals surface area contributed by atoms with Gasteiger partial charge in [0.1, 0.15) is 5.76 Å². The van der Waals surface area contributed by atoms with Gasteiger partial charge in [0, 0.05) is 31.8 Å². The van der Waals surface area contributed by atoms with Gasteiger partial charge in [-0.2, -0.15) is 4.31 Å². The van der Waals surface area contributed by atoms with Crippen LogP contribution in [0.3, 0.4) is 0 Å². The zero-order valence-corrected chi connectivity index (χ0v) is 20.1. The molecule has 3 fully saturated rings. The van der Waals surface area contributed by atoms with Gasteiger partial charge >= 0.3 is 0 Å². The van der Waals surface area contributed by atoms with Crippen molar-refractivity contribution >= 4 is 27.5 Å². The number of sulfonamides is 1. The lowest BCUT2D eigenvalue weighted by molar-refractivity contribution is -0.140. The van der Waals surface area contributed by atoms with E-state index in [2.05, 4.69) is 0 Å². The third-order valence-electron chi connectivity index (χ3n) is 6.91. The normalized spacial score (nSPS) is 25.0. The number of amides is 1. The van der Waals surface area contributed by atoms with Crippen LogP contribution in [0, 0.1) is 0 Å². The minimum atomic E-state index is -3.60. The van der Waals surface area contributed by atoms with Crippen molar-refractivity contribution in [1.82, 2.24) is 9.21 Å². The van der Waals surface area contributed by atoms with Gasteiger partial charge in [0.05, 0.1) is 22.6 Å². The molecular weight excluding hydrogens is 468 g/mol. The van der Waals surface area contributed by atoms with Crippen LogP contribution >= 0.6 is 0 Å². The van der Waals surface area contributed by atoms with E-state index in [4.69, 9.17) is 4.74 Å². The van der Waals surface area contributed by atoms with E-state index in [9.17, 15) is 23.1 Å². The molecule has 2 aromatic rings. The fourth-order valence-corrected chi connectivity index (χ4v) is 6.59. The maximum absolute atomic E-state index is 13.1. The van der Waals surface area contributed by atoms with Crippen molar-refractivity contribution in [2.45, 2.75) is 42.7 Å². The smallest absolute Gasteiger partial charge is 0.295 e. The standard InChI is InChI=1S/C26H28N2O6S/c29-24(19-10-12-21(13-11-19)35(32,33)27-14-4-5-15-27)22-23(18-7-2-1-3-8-18)28(26(31)25(22)30)17-20-9-6-16-34-20/h1-3,7-8,10-13,20,23,29H,4-6,9,14-17H2/t20-,23+/m0/s1. The minimum Gasteiger partial charge on any atom is -0.507 e. The van der Waals surface area contributed by atoms with E-state index in [0.29, 0.717) is 25.3 Å². The molecule has 3 saturated heterocycles. The topological polar surface area (TPSA) is 104 Å². The zero-order chi connectivity index (χ0) is 24.6. The number of benzene rings is 2. The molecule has 0 radical (unpaired) electrons. The van der Waals surface area contributed by atoms with Gasteiger partial charge in [-0.15, -0.1) is 0 Å². The van der Waals surface area contributed by atoms with Crippen LogP contribution < -0.4 is 0 Å². The average molecular weight is 497 g/mol. The number of nitrogens with zero attached hydrogens (tertiary/aromatic N) is 2. The van der Waals surface area contributed by atoms with Gasteiger partial charge in [0.25, 0.3) is 11.7 Å². The molecule has 184 valence electrons. The van der Waals surface area contributed by atoms with Gasteiger partial charge in [-0.3, -0.25) is 9.59 Å². The van der Waals surface area contributed by atoms with Crippen LogP contribution in [0.1, 0.15) is 42.9 Å². The first-order valence-corrected chi connectivity index (χ1v) is 13.4. The average Bonchev–Trinajstić information content (AvgIpc) is 3.64. The Morgan fingerprint density at radius 3 is 2.29 bits per heavy atom. The number of aliphatic hydroxyl groups excluding tert-OH is 1. The maximum atomic E-state index is 13.1. The molecule has 2 aromatic carbocycles. The number of likely N-dealkylation sites (tertiary alicyclic amines) is 1. The number of rotatable bonds is 6. The monoisotopic (exact) mass is 496 g/mol. The fourth-order valence-electron chi connectivity index (χ4n) is 5.08. The van der Waals surface area contributed by atoms with Crippen LogP contribution in [0.25, 0.3) is 5.76 Å². The Balaban J connectivity index is 1.52. The second-order valence-corrected chi connectivity index (χ2v) is 11.1. The minimum absolute atomic E-state index is 0.00523. The van der Waals surface area contributed by atoms with E-state index in [1.165, 1.54) is 33.5 Å². The van der Waals surface area contributed by atoms with Gasteiger partial charge in [-0.25, -0.2) is 8.42 Å². The third-order valence-corrected chi connectivity index (χ3v) is 8.82. The predicted molar refractivity (Wildman–Crippen MR) is 129 cm³/mol. The molecule has 5 rings (SSSR count). The lowest BCUT2D eigenvalue weighted by atomic mass is 9.95. The lowest BCUT2D eigenvalue weighted by Gasteiger charge is -2.27. The quantitative estimate of drug-likeness (QED) is 0.375. The highest BCUT2D eigenvalue weighted by atomic mass is 32.2. The van der Waals surface area contributed by atoms with Crippen molar-refractivity contribution in [1.29, 1.82) is 0 Å². The summed E-state index contributed by atoms with van der Waals surface area (Å²) in [5.41, 5.74) is 0.982. The number of Topliss-reactive ketones (excluding diaryl/α,β-unsaturated/α-hetero) is 1. The highest BCUT2D eigenvalue weighted by molar-refractivity contribution is 7.89. The number of carbonyl (C=O) groups excluding carboxylic acids is 2. The summed E-state index contributed by atoms with van der Waals surface area (Å²) in [4.78, 5) is 27.8. The molecule has 3 aliphatic rings. The second kappa shape index (κ2) is 9.56. The predicted octanol–water partition coefficient (Wildman–Crippen LogP) is 3.07. The Hall–Kier alpha value is -3.01. The van der Waals surface area contributed by atoms with E-state index in [1.807, 2.05) is 30.3 Å². The van der Waals surface area contributed by atoms with Crippen LogP contribution in [0.4, 0.5) is 0 Å². The molecule has 0 unspecified atom stereocenters. The Labute approximate surface area is 204 Å². The number of hydrogen-bond acceptors (Lipinski definition) is 6. The maximum Gasteiger partial charge on any atom is 0.295 e. The molecule has 1 amide bonds. The molecule has 8 nitrogen and oxygen atoms in total. The van der Waals surface area contributed by atoms with E-state index in [0.717, 1.165) is 25.7 Å². The molecule has 3 heterocycles. The molecule has 0 aromatic heterocycles. The van der Waals surface area contributed by atoms with Crippen LogP contribution in [-0.4, -0.2) is 66.8 Å². The summed E-state index contributed by atoms with van der Waals surface area (Å²) in [6, 6.07) is 14.2. The molecule has 3 aliphatic heterocycles. The molecule has 0 saturated carbocycles. The van der Waals surface area contributed by atoms with Crippen LogP contribution in [0.15, 0.2) is 65.1 Å². The van der Waals surface area contributed by atoms with Gasteiger partial charge < -0.3 is 14.7 Å². The summed E-state index contributed by atoms with van der Waals surface area (Å²) >= 11 is 0. The lowest BCUT2D eigenvalue weighted by Crippen LogP contribution is -2.36. The van der Waals surface area contributed by atoms with Crippen molar-refractivity contribution in [2.24, 2.45) is 0 Å². The van der Waals surface area contributed by atoms with E-state index < -0.39 is 27.8 Å². The summed E-state index contributed by atoms with van der Waals surface area (Å²) in [7, 11) is -3.60. The van der Waals surface area contributed by atoms with Gasteiger partial charge in [0.2, 0.25) is 10.0 Å². The first-order chi connectivity index (χ1) is 16.9. The van der Waals surface area contributed by atoms with Crippen molar-refractivity contribution < 1.29 is 27.9 Å². The summed E-state index contributed by atoms with van der Waals surface area (Å²) in [6.45, 7) is 1.87. The summed E-state index contributed by atoms with van der Waals surface area (Å²) < 4.78 is 32.8. The molecule has 35 heavy (non-hydrogen) atoms. The first kappa shape index (κ1) is 23.7. The number of ether oxygens (including phenoxy) is 1. The Morgan fingerprint density at radius 2 is 1.66 bits per heavy atom. The van der Waals surface area contributed by atoms with Crippen LogP contribution in [-0.2, 0) is 24.3 Å². The molecular formula is C26H28N2O6S. The Kier molecular flexibility index (Phi) is 6.48. The number of carbonyl (C=O) groups is 2. The van der Waals surface area contributed by atoms with Crippen molar-refractivity contribution in [3.05, 3.63) is 71.3 Å². The van der Waals surface area contributed by atoms with Gasteiger partial charge in [0.15, 0.2) is 0 Å². The first-order valence-electron chi connectivity index (χ1n) is 11.9. The van der Waals surface area contributed by atoms with Gasteiger partial charge in [-0.1, -0.05) is 30.3 Å². The molecule has 2 atom stereocenters. The SMILES string of the molecule is O=C1C(=O)N(C[C@@H]2CCCO2)[C@H](c2ccccc2)C1=C(O)c1ccc(S(=O)(=O)N2CCCC2)cc1. The summed E-state index contributed by atoms with van der Waals surface area (Å²) in [6.07, 6.45) is 3.22. The summed E-state index contributed by atoms with van der Waals surface area (Å²) in [5, 5.41) is 11.2. The number of aliphatic hydroxyl groups is 1. The zero-order valence-electron chi connectivity index (χ0n) is 19.3. The number of hydrogen-bond donors (Lipinski definition) is 1. The van der Waals surface area contributed by atoms with Crippen LogP contribution in [0.5, 0.6) is 0 Å². The largest absolute Gasteiger partial charge is 0.507 e. The van der Waals surface area contributed by atoms with E-state index >= 15 is 0 Å². The number of ketones is 1. The molecule has 0 spiro atoms. The van der Waals surface area contributed by atoms with Gasteiger partial charge in [-0.05, 0) is 55.5 Å². The molecule has 9 heteroatoms. The van der Waals surface area contributed by atoms with Crippen molar-refractivity contribution in [2.75, 3.05) is 26.2 Å². The van der Waals surface area contributed by atoms with E-state index in [-0.39, 0.29) is 34.4 Å². The second-order valence-electron chi connectivity index (χ2n) is 9.13. The van der Waals surface area contributed by atoms with Crippen molar-refractivity contribution in [3.63, 3.8) is 0 Å². The molecule has 0 bridgehead atoms. The van der Waals surface area contributed by atoms with E-state index in [1.54, 1.807) is 0 Å². The fraction of sp³-hybridized carbons (Fsp3) is 0.385. The summed E-state index contributed by atoms with van der Waals surface area (Å²) in [5.74, 6) is -1.76. The van der Waals surface area contributed by atoms with Crippen LogP contribution in [0.2, 0.25) is 0 Å². The molecule has 1 N–H and O–H groups in total. The third kappa shape index (κ3) is 4.39. The highest BCUT2D eigenvalue weighted by Crippen LogP contribution is 2.40.